The lowest BCUT2D eigenvalue weighted by molar-refractivity contribution is -0.122. The number of carbonyl (C=O) groups excluding carboxylic acids is 2. The zero-order chi connectivity index (χ0) is 17.6. The number of carbonyl (C=O) groups is 2. The van der Waals surface area contributed by atoms with Crippen LogP contribution in [0.4, 0.5) is 4.79 Å². The molecule has 0 radical (unpaired) electrons. The number of amides is 2. The molecule has 130 valence electrons. The Hall–Kier alpha value is -2.82. The molecule has 0 bridgehead atoms. The summed E-state index contributed by atoms with van der Waals surface area (Å²) >= 11 is 0. The molecule has 2 aromatic carbocycles. The van der Waals surface area contributed by atoms with Crippen LogP contribution in [-0.4, -0.2) is 19.0 Å². The van der Waals surface area contributed by atoms with Gasteiger partial charge in [0.1, 0.15) is 6.61 Å². The molecular formula is C20H22N2O3. The van der Waals surface area contributed by atoms with Gasteiger partial charge < -0.3 is 15.4 Å². The Kier molecular flexibility index (Phi) is 5.33. The fourth-order valence-corrected chi connectivity index (χ4v) is 3.06. The topological polar surface area (TPSA) is 67.4 Å². The van der Waals surface area contributed by atoms with Gasteiger partial charge in [-0.15, -0.1) is 0 Å². The third-order valence-corrected chi connectivity index (χ3v) is 4.50. The van der Waals surface area contributed by atoms with Gasteiger partial charge in [-0.3, -0.25) is 4.79 Å². The molecule has 0 saturated heterocycles. The molecule has 5 nitrogen and oxygen atoms in total. The lowest BCUT2D eigenvalue weighted by atomic mass is 10.0. The molecule has 2 amide bonds. The van der Waals surface area contributed by atoms with Crippen molar-refractivity contribution in [3.63, 3.8) is 0 Å². The second-order valence-electron chi connectivity index (χ2n) is 6.21. The second-order valence-corrected chi connectivity index (χ2v) is 6.21. The van der Waals surface area contributed by atoms with Crippen LogP contribution in [0.1, 0.15) is 23.6 Å². The third-order valence-electron chi connectivity index (χ3n) is 4.50. The predicted octanol–water partition coefficient (Wildman–Crippen LogP) is 3.04. The molecule has 1 aliphatic carbocycles. The maximum Gasteiger partial charge on any atom is 0.407 e. The highest BCUT2D eigenvalue weighted by Gasteiger charge is 2.48. The van der Waals surface area contributed by atoms with Gasteiger partial charge in [-0.2, -0.15) is 0 Å². The van der Waals surface area contributed by atoms with Crippen molar-refractivity contribution in [1.82, 2.24) is 10.6 Å². The zero-order valence-corrected chi connectivity index (χ0v) is 14.1. The molecule has 25 heavy (non-hydrogen) atoms. The fourth-order valence-electron chi connectivity index (χ4n) is 3.06. The first kappa shape index (κ1) is 17.0. The van der Waals surface area contributed by atoms with E-state index < -0.39 is 6.09 Å². The van der Waals surface area contributed by atoms with Crippen LogP contribution in [-0.2, 0) is 16.1 Å². The van der Waals surface area contributed by atoms with Crippen molar-refractivity contribution < 1.29 is 14.3 Å². The lowest BCUT2D eigenvalue weighted by Crippen LogP contribution is -2.32. The van der Waals surface area contributed by atoms with Gasteiger partial charge >= 0.3 is 6.09 Å². The smallest absolute Gasteiger partial charge is 0.407 e. The van der Waals surface area contributed by atoms with Gasteiger partial charge in [0.25, 0.3) is 0 Å². The molecule has 0 heterocycles. The quantitative estimate of drug-likeness (QED) is 0.851. The van der Waals surface area contributed by atoms with E-state index in [9.17, 15) is 9.59 Å². The fraction of sp³-hybridized carbons (Fsp3) is 0.300. The summed E-state index contributed by atoms with van der Waals surface area (Å²) in [6.07, 6.45) is 0.290. The van der Waals surface area contributed by atoms with Crippen molar-refractivity contribution in [3.05, 3.63) is 71.8 Å². The number of alkyl carbamates (subject to hydrolysis) is 1. The van der Waals surface area contributed by atoms with Crippen molar-refractivity contribution >= 4 is 12.0 Å². The van der Waals surface area contributed by atoms with Crippen molar-refractivity contribution in [2.24, 2.45) is 11.8 Å². The Morgan fingerprint density at radius 3 is 2.36 bits per heavy atom. The van der Waals surface area contributed by atoms with Crippen LogP contribution in [0, 0.1) is 11.8 Å². The Bertz CT molecular complexity index is 718. The van der Waals surface area contributed by atoms with E-state index in [0.29, 0.717) is 0 Å². The van der Waals surface area contributed by atoms with Gasteiger partial charge in [-0.05, 0) is 23.5 Å². The zero-order valence-electron chi connectivity index (χ0n) is 14.1. The largest absolute Gasteiger partial charge is 0.445 e. The molecule has 1 fully saturated rings. The normalized spacial score (nSPS) is 19.6. The first-order chi connectivity index (χ1) is 12.2. The first-order valence-electron chi connectivity index (χ1n) is 8.43. The number of benzene rings is 2. The molecule has 0 unspecified atom stereocenters. The number of hydrogen-bond acceptors (Lipinski definition) is 3. The number of hydrogen-bond donors (Lipinski definition) is 2. The predicted molar refractivity (Wildman–Crippen MR) is 94.6 cm³/mol. The molecule has 1 aliphatic rings. The summed E-state index contributed by atoms with van der Waals surface area (Å²) < 4.78 is 5.33. The first-order valence-corrected chi connectivity index (χ1v) is 8.43. The number of nitrogens with one attached hydrogen (secondary N) is 2. The monoisotopic (exact) mass is 338 g/mol. The molecule has 3 atom stereocenters. The summed E-state index contributed by atoms with van der Waals surface area (Å²) in [5, 5.41) is 5.61. The minimum Gasteiger partial charge on any atom is -0.445 e. The lowest BCUT2D eigenvalue weighted by Gasteiger charge is -2.19. The van der Waals surface area contributed by atoms with E-state index in [2.05, 4.69) is 10.6 Å². The molecule has 0 spiro atoms. The number of rotatable bonds is 6. The van der Waals surface area contributed by atoms with Gasteiger partial charge in [0.15, 0.2) is 0 Å². The molecule has 5 heteroatoms. The molecule has 0 aliphatic heterocycles. The minimum absolute atomic E-state index is 0.0189. The Morgan fingerprint density at radius 2 is 1.72 bits per heavy atom. The van der Waals surface area contributed by atoms with Gasteiger partial charge in [0, 0.05) is 13.0 Å². The molecule has 3 rings (SSSR count). The van der Waals surface area contributed by atoms with Gasteiger partial charge in [0.2, 0.25) is 5.91 Å². The Labute approximate surface area is 147 Å². The van der Waals surface area contributed by atoms with Gasteiger partial charge in [0.05, 0.1) is 6.04 Å². The van der Waals surface area contributed by atoms with Crippen LogP contribution >= 0.6 is 0 Å². The molecular weight excluding hydrogens is 316 g/mol. The SMILES string of the molecule is CNC(=O)[C@@H]1C[C@H]1[C@@H](NC(=O)OCc1ccccc1)c1ccccc1. The van der Waals surface area contributed by atoms with Crippen LogP contribution in [0.2, 0.25) is 0 Å². The van der Waals surface area contributed by atoms with Crippen molar-refractivity contribution in [3.8, 4) is 0 Å². The second kappa shape index (κ2) is 7.83. The summed E-state index contributed by atoms with van der Waals surface area (Å²) in [5.41, 5.74) is 1.92. The Morgan fingerprint density at radius 1 is 1.08 bits per heavy atom. The van der Waals surface area contributed by atoms with Crippen molar-refractivity contribution in [2.75, 3.05) is 7.05 Å². The van der Waals surface area contributed by atoms with Crippen LogP contribution in [0.5, 0.6) is 0 Å². The highest BCUT2D eigenvalue weighted by molar-refractivity contribution is 5.81. The standard InChI is InChI=1S/C20H22N2O3/c1-21-19(23)17-12-16(17)18(15-10-6-3-7-11-15)22-20(24)25-13-14-8-4-2-5-9-14/h2-11,16-18H,12-13H2,1H3,(H,21,23)(H,22,24)/t16-,17-,18+/m1/s1. The van der Waals surface area contributed by atoms with Crippen molar-refractivity contribution in [2.45, 2.75) is 19.1 Å². The van der Waals surface area contributed by atoms with E-state index in [-0.39, 0.29) is 30.4 Å². The summed E-state index contributed by atoms with van der Waals surface area (Å²) in [7, 11) is 1.64. The third kappa shape index (κ3) is 4.38. The van der Waals surface area contributed by atoms with E-state index in [4.69, 9.17) is 4.74 Å². The van der Waals surface area contributed by atoms with Crippen LogP contribution in [0.25, 0.3) is 0 Å². The van der Waals surface area contributed by atoms with Crippen molar-refractivity contribution in [1.29, 1.82) is 0 Å². The average Bonchev–Trinajstić information content (AvgIpc) is 3.46. The van der Waals surface area contributed by atoms with E-state index in [1.54, 1.807) is 7.05 Å². The summed E-state index contributed by atoms with van der Waals surface area (Å²) in [4.78, 5) is 24.1. The van der Waals surface area contributed by atoms with Crippen LogP contribution < -0.4 is 10.6 Å². The average molecular weight is 338 g/mol. The maximum atomic E-state index is 12.2. The van der Waals surface area contributed by atoms with E-state index in [1.165, 1.54) is 0 Å². The highest BCUT2D eigenvalue weighted by Crippen LogP contribution is 2.47. The summed E-state index contributed by atoms with van der Waals surface area (Å²) in [6, 6.07) is 19.0. The van der Waals surface area contributed by atoms with E-state index in [0.717, 1.165) is 17.5 Å². The van der Waals surface area contributed by atoms with Crippen LogP contribution in [0.3, 0.4) is 0 Å². The summed E-state index contributed by atoms with van der Waals surface area (Å²) in [5.74, 6) is 0.0432. The van der Waals surface area contributed by atoms with E-state index in [1.807, 2.05) is 60.7 Å². The molecule has 2 N–H and O–H groups in total. The minimum atomic E-state index is -0.472. The molecule has 2 aromatic rings. The van der Waals surface area contributed by atoms with E-state index >= 15 is 0 Å². The highest BCUT2D eigenvalue weighted by atomic mass is 16.5. The van der Waals surface area contributed by atoms with Gasteiger partial charge in [-0.25, -0.2) is 4.79 Å². The maximum absolute atomic E-state index is 12.2. The summed E-state index contributed by atoms with van der Waals surface area (Å²) in [6.45, 7) is 0.220. The molecule has 0 aromatic heterocycles. The Balaban J connectivity index is 1.64. The van der Waals surface area contributed by atoms with Gasteiger partial charge in [-0.1, -0.05) is 60.7 Å². The number of ether oxygens (including phenoxy) is 1. The van der Waals surface area contributed by atoms with Crippen LogP contribution in [0.15, 0.2) is 60.7 Å². The molecule has 1 saturated carbocycles.